The minimum absolute atomic E-state index is 0.00917. The lowest BCUT2D eigenvalue weighted by molar-refractivity contribution is 0.0718. The summed E-state index contributed by atoms with van der Waals surface area (Å²) in [5, 5.41) is 0. The van der Waals surface area contributed by atoms with Crippen molar-refractivity contribution in [2.24, 2.45) is 0 Å². The molecule has 1 aliphatic carbocycles. The smallest absolute Gasteiger partial charge is 0.256 e. The molecule has 1 amide bonds. The lowest BCUT2D eigenvalue weighted by atomic mass is 10.1. The number of aryl methyl sites for hydroxylation is 1. The number of hydrogen-bond donors (Lipinski definition) is 1. The molecule has 2 N–H and O–H groups in total. The van der Waals surface area contributed by atoms with Gasteiger partial charge < -0.3 is 15.1 Å². The van der Waals surface area contributed by atoms with Gasteiger partial charge in [-0.2, -0.15) is 0 Å². The van der Waals surface area contributed by atoms with Crippen LogP contribution in [0, 0.1) is 6.92 Å². The second-order valence-corrected chi connectivity index (χ2v) is 5.33. The Morgan fingerprint density at radius 2 is 2.20 bits per heavy atom. The zero-order valence-corrected chi connectivity index (χ0v) is 11.5. The number of nitrogen functional groups attached to an aromatic ring is 1. The van der Waals surface area contributed by atoms with Crippen LogP contribution in [0.4, 0.5) is 5.69 Å². The van der Waals surface area contributed by atoms with Crippen LogP contribution in [0.25, 0.3) is 0 Å². The van der Waals surface area contributed by atoms with Crippen molar-refractivity contribution in [3.63, 3.8) is 0 Å². The van der Waals surface area contributed by atoms with Crippen molar-refractivity contribution in [3.8, 4) is 0 Å². The second kappa shape index (κ2) is 5.04. The van der Waals surface area contributed by atoms with Gasteiger partial charge in [0, 0.05) is 11.7 Å². The van der Waals surface area contributed by atoms with Gasteiger partial charge >= 0.3 is 0 Å². The summed E-state index contributed by atoms with van der Waals surface area (Å²) in [7, 11) is 0. The van der Waals surface area contributed by atoms with E-state index in [0.29, 0.717) is 23.8 Å². The van der Waals surface area contributed by atoms with E-state index in [1.807, 2.05) is 36.1 Å². The molecule has 4 nitrogen and oxygen atoms in total. The van der Waals surface area contributed by atoms with Crippen LogP contribution in [-0.4, -0.2) is 16.8 Å². The molecule has 1 aliphatic rings. The minimum atomic E-state index is -0.00917. The van der Waals surface area contributed by atoms with Crippen LogP contribution in [0.3, 0.4) is 0 Å². The molecule has 0 spiro atoms. The number of hydrogen-bond acceptors (Lipinski definition) is 3. The van der Waals surface area contributed by atoms with Crippen molar-refractivity contribution in [3.05, 3.63) is 53.5 Å². The van der Waals surface area contributed by atoms with Crippen molar-refractivity contribution < 1.29 is 9.21 Å². The number of carbonyl (C=O) groups excluding carboxylic acids is 1. The standard InChI is InChI=1S/C16H18N2O2/c1-11-4-7-15(17)14(9-11)16(19)18(12-5-6-12)10-13-3-2-8-20-13/h2-4,7-9,12H,5-6,10,17H2,1H3. The van der Waals surface area contributed by atoms with Crippen LogP contribution in [-0.2, 0) is 6.54 Å². The summed E-state index contributed by atoms with van der Waals surface area (Å²) in [6.45, 7) is 2.47. The van der Waals surface area contributed by atoms with Crippen LogP contribution in [0.2, 0.25) is 0 Å². The molecule has 4 heteroatoms. The summed E-state index contributed by atoms with van der Waals surface area (Å²) in [4.78, 5) is 14.6. The summed E-state index contributed by atoms with van der Waals surface area (Å²) in [6, 6.07) is 9.61. The molecule has 0 bridgehead atoms. The van der Waals surface area contributed by atoms with Gasteiger partial charge in [0.05, 0.1) is 18.4 Å². The number of benzene rings is 1. The molecule has 3 rings (SSSR count). The fraction of sp³-hybridized carbons (Fsp3) is 0.312. The monoisotopic (exact) mass is 270 g/mol. The number of carbonyl (C=O) groups is 1. The number of rotatable bonds is 4. The highest BCUT2D eigenvalue weighted by Crippen LogP contribution is 2.31. The maximum absolute atomic E-state index is 12.7. The SMILES string of the molecule is Cc1ccc(N)c(C(=O)N(Cc2ccco2)C2CC2)c1. The van der Waals surface area contributed by atoms with Crippen LogP contribution in [0.1, 0.15) is 34.5 Å². The van der Waals surface area contributed by atoms with Gasteiger partial charge in [-0.3, -0.25) is 4.79 Å². The number of nitrogens with two attached hydrogens (primary N) is 1. The van der Waals surface area contributed by atoms with E-state index in [4.69, 9.17) is 10.2 Å². The molecule has 0 saturated heterocycles. The third-order valence-corrected chi connectivity index (χ3v) is 3.59. The van der Waals surface area contributed by atoms with E-state index in [-0.39, 0.29) is 5.91 Å². The average Bonchev–Trinajstić information content (AvgIpc) is 3.15. The molecule has 0 aliphatic heterocycles. The molecule has 104 valence electrons. The van der Waals surface area contributed by atoms with Crippen LogP contribution in [0.5, 0.6) is 0 Å². The summed E-state index contributed by atoms with van der Waals surface area (Å²) in [5.74, 6) is 0.793. The molecule has 0 radical (unpaired) electrons. The van der Waals surface area contributed by atoms with Crippen LogP contribution < -0.4 is 5.73 Å². The maximum atomic E-state index is 12.7. The lowest BCUT2D eigenvalue weighted by Gasteiger charge is -2.22. The van der Waals surface area contributed by atoms with E-state index in [2.05, 4.69) is 0 Å². The fourth-order valence-corrected chi connectivity index (χ4v) is 2.33. The zero-order valence-electron chi connectivity index (χ0n) is 11.5. The molecular formula is C16H18N2O2. The predicted molar refractivity (Wildman–Crippen MR) is 77.2 cm³/mol. The predicted octanol–water partition coefficient (Wildman–Crippen LogP) is 2.98. The highest BCUT2D eigenvalue weighted by molar-refractivity contribution is 5.99. The Hall–Kier alpha value is -2.23. The van der Waals surface area contributed by atoms with E-state index in [0.717, 1.165) is 24.2 Å². The molecule has 0 unspecified atom stereocenters. The Bertz CT molecular complexity index is 615. The molecule has 1 heterocycles. The quantitative estimate of drug-likeness (QED) is 0.869. The summed E-state index contributed by atoms with van der Waals surface area (Å²) < 4.78 is 5.36. The van der Waals surface area contributed by atoms with E-state index >= 15 is 0 Å². The lowest BCUT2D eigenvalue weighted by Crippen LogP contribution is -2.33. The molecule has 20 heavy (non-hydrogen) atoms. The van der Waals surface area contributed by atoms with Gasteiger partial charge in [-0.05, 0) is 44.0 Å². The number of nitrogens with zero attached hydrogens (tertiary/aromatic N) is 1. The first-order valence-corrected chi connectivity index (χ1v) is 6.84. The van der Waals surface area contributed by atoms with E-state index < -0.39 is 0 Å². The Morgan fingerprint density at radius 1 is 1.40 bits per heavy atom. The largest absolute Gasteiger partial charge is 0.467 e. The third-order valence-electron chi connectivity index (χ3n) is 3.59. The highest BCUT2D eigenvalue weighted by atomic mass is 16.3. The van der Waals surface area contributed by atoms with Crippen molar-refractivity contribution >= 4 is 11.6 Å². The molecule has 2 aromatic rings. The second-order valence-electron chi connectivity index (χ2n) is 5.33. The van der Waals surface area contributed by atoms with Gasteiger partial charge in [-0.15, -0.1) is 0 Å². The first-order chi connectivity index (χ1) is 9.65. The first-order valence-electron chi connectivity index (χ1n) is 6.84. The molecule has 1 aromatic carbocycles. The molecule has 1 saturated carbocycles. The van der Waals surface area contributed by atoms with Crippen molar-refractivity contribution in [2.75, 3.05) is 5.73 Å². The van der Waals surface area contributed by atoms with Crippen molar-refractivity contribution in [1.29, 1.82) is 0 Å². The fourth-order valence-electron chi connectivity index (χ4n) is 2.33. The Morgan fingerprint density at radius 3 is 2.85 bits per heavy atom. The summed E-state index contributed by atoms with van der Waals surface area (Å²) in [6.07, 6.45) is 3.74. The summed E-state index contributed by atoms with van der Waals surface area (Å²) in [5.41, 5.74) is 8.11. The topological polar surface area (TPSA) is 59.5 Å². The third kappa shape index (κ3) is 2.54. The number of furan rings is 1. The van der Waals surface area contributed by atoms with Gasteiger partial charge in [0.25, 0.3) is 5.91 Å². The number of anilines is 1. The Kier molecular flexibility index (Phi) is 3.22. The Balaban J connectivity index is 1.87. The normalized spacial score (nSPS) is 14.2. The molecule has 1 aromatic heterocycles. The van der Waals surface area contributed by atoms with Gasteiger partial charge in [0.2, 0.25) is 0 Å². The average molecular weight is 270 g/mol. The van der Waals surface area contributed by atoms with Gasteiger partial charge in [0.1, 0.15) is 5.76 Å². The van der Waals surface area contributed by atoms with Gasteiger partial charge in [-0.1, -0.05) is 11.6 Å². The van der Waals surface area contributed by atoms with Crippen LogP contribution >= 0.6 is 0 Å². The Labute approximate surface area is 118 Å². The summed E-state index contributed by atoms with van der Waals surface area (Å²) >= 11 is 0. The zero-order chi connectivity index (χ0) is 14.1. The van der Waals surface area contributed by atoms with E-state index in [9.17, 15) is 4.79 Å². The minimum Gasteiger partial charge on any atom is -0.467 e. The van der Waals surface area contributed by atoms with Crippen molar-refractivity contribution in [1.82, 2.24) is 4.90 Å². The van der Waals surface area contributed by atoms with Gasteiger partial charge in [0.15, 0.2) is 0 Å². The molecule has 0 atom stereocenters. The van der Waals surface area contributed by atoms with E-state index in [1.54, 1.807) is 12.3 Å². The first kappa shape index (κ1) is 12.8. The van der Waals surface area contributed by atoms with Crippen molar-refractivity contribution in [2.45, 2.75) is 32.4 Å². The van der Waals surface area contributed by atoms with Gasteiger partial charge in [-0.25, -0.2) is 0 Å². The number of amides is 1. The highest BCUT2D eigenvalue weighted by Gasteiger charge is 2.34. The maximum Gasteiger partial charge on any atom is 0.256 e. The molecular weight excluding hydrogens is 252 g/mol. The van der Waals surface area contributed by atoms with E-state index in [1.165, 1.54) is 0 Å². The van der Waals surface area contributed by atoms with Crippen LogP contribution in [0.15, 0.2) is 41.0 Å². The molecule has 1 fully saturated rings.